The number of rotatable bonds is 7. The highest BCUT2D eigenvalue weighted by molar-refractivity contribution is 7.57. The molecule has 1 aromatic heterocycles. The van der Waals surface area contributed by atoms with Crippen LogP contribution in [0.3, 0.4) is 0 Å². The van der Waals surface area contributed by atoms with Gasteiger partial charge in [-0.25, -0.2) is 0 Å². The van der Waals surface area contributed by atoms with Crippen molar-refractivity contribution in [2.24, 2.45) is 0 Å². The second-order valence-electron chi connectivity index (χ2n) is 6.64. The Hall–Kier alpha value is -2.36. The zero-order valence-corrected chi connectivity index (χ0v) is 15.4. The molecule has 0 spiro atoms. The van der Waals surface area contributed by atoms with Crippen molar-refractivity contribution in [2.75, 3.05) is 6.16 Å². The van der Waals surface area contributed by atoms with E-state index in [2.05, 4.69) is 4.98 Å². The molecule has 6 heteroatoms. The topological polar surface area (TPSA) is 90.4 Å². The summed E-state index contributed by atoms with van der Waals surface area (Å²) in [6.07, 6.45) is 1.54. The highest BCUT2D eigenvalue weighted by atomic mass is 31.2. The molecule has 26 heavy (non-hydrogen) atoms. The number of carboxylic acids is 1. The second-order valence-corrected chi connectivity index (χ2v) is 8.96. The van der Waals surface area contributed by atoms with Crippen LogP contribution in [0.5, 0.6) is 0 Å². The van der Waals surface area contributed by atoms with Crippen molar-refractivity contribution in [2.45, 2.75) is 24.9 Å². The van der Waals surface area contributed by atoms with Crippen molar-refractivity contribution in [1.29, 1.82) is 0 Å². The van der Waals surface area contributed by atoms with Gasteiger partial charge in [0.05, 0.1) is 0 Å². The maximum absolute atomic E-state index is 13.0. The first-order valence-corrected chi connectivity index (χ1v) is 10.6. The zero-order valence-electron chi connectivity index (χ0n) is 14.6. The number of hydrogen-bond donors (Lipinski definition) is 3. The summed E-state index contributed by atoms with van der Waals surface area (Å²) in [6.45, 7) is 1.75. The van der Waals surface area contributed by atoms with Crippen molar-refractivity contribution in [3.8, 4) is 0 Å². The van der Waals surface area contributed by atoms with Crippen LogP contribution < -0.4 is 0 Å². The molecule has 2 unspecified atom stereocenters. The number of nitrogens with one attached hydrogen (secondary N) is 1. The van der Waals surface area contributed by atoms with Crippen LogP contribution in [0, 0.1) is 0 Å². The van der Waals surface area contributed by atoms with Gasteiger partial charge in [-0.05, 0) is 23.6 Å². The summed E-state index contributed by atoms with van der Waals surface area (Å²) in [7, 11) is -3.72. The fourth-order valence-electron chi connectivity index (χ4n) is 3.54. The van der Waals surface area contributed by atoms with Crippen molar-refractivity contribution in [3.05, 3.63) is 71.9 Å². The summed E-state index contributed by atoms with van der Waals surface area (Å²) >= 11 is 0. The maximum Gasteiger partial charge on any atom is 0.314 e. The van der Waals surface area contributed by atoms with Gasteiger partial charge in [-0.15, -0.1) is 0 Å². The Labute approximate surface area is 152 Å². The van der Waals surface area contributed by atoms with Gasteiger partial charge < -0.3 is 15.0 Å². The Kier molecular flexibility index (Phi) is 5.03. The van der Waals surface area contributed by atoms with Gasteiger partial charge in [0, 0.05) is 29.4 Å². The van der Waals surface area contributed by atoms with Crippen LogP contribution in [0.1, 0.15) is 24.5 Å². The highest BCUT2D eigenvalue weighted by Crippen LogP contribution is 2.52. The van der Waals surface area contributed by atoms with Crippen LogP contribution in [-0.2, 0) is 20.9 Å². The maximum atomic E-state index is 13.0. The number of H-pyrrole nitrogens is 1. The smallest absolute Gasteiger partial charge is 0.314 e. The summed E-state index contributed by atoms with van der Waals surface area (Å²) in [5.41, 5.74) is 0.689. The minimum Gasteiger partial charge on any atom is -0.481 e. The Balaban J connectivity index is 2.03. The normalized spacial score (nSPS) is 16.1. The molecule has 0 radical (unpaired) electrons. The lowest BCUT2D eigenvalue weighted by Gasteiger charge is -2.30. The number of aromatic nitrogens is 1. The minimum atomic E-state index is -3.72. The number of carboxylic acid groups (broad SMARTS) is 1. The molecule has 3 aromatic rings. The molecule has 0 fully saturated rings. The Morgan fingerprint density at radius 2 is 1.77 bits per heavy atom. The van der Waals surface area contributed by atoms with Crippen molar-refractivity contribution >= 4 is 24.2 Å². The SMILES string of the molecule is CCC(CP(=O)(O)Cc1ccccc1)(C(=O)O)c1c[nH]c2ccccc12. The van der Waals surface area contributed by atoms with E-state index in [4.69, 9.17) is 0 Å². The fraction of sp³-hybridized carbons (Fsp3) is 0.250. The van der Waals surface area contributed by atoms with E-state index in [-0.39, 0.29) is 18.7 Å². The molecule has 5 nitrogen and oxygen atoms in total. The number of para-hydroxylation sites is 1. The predicted octanol–water partition coefficient (Wildman–Crippen LogP) is 4.37. The molecule has 0 bridgehead atoms. The van der Waals surface area contributed by atoms with E-state index >= 15 is 0 Å². The summed E-state index contributed by atoms with van der Waals surface area (Å²) < 4.78 is 13.0. The van der Waals surface area contributed by atoms with Gasteiger partial charge in [-0.2, -0.15) is 0 Å². The van der Waals surface area contributed by atoms with Crippen LogP contribution in [-0.4, -0.2) is 27.1 Å². The summed E-state index contributed by atoms with van der Waals surface area (Å²) in [6, 6.07) is 16.4. The van der Waals surface area contributed by atoms with Crippen LogP contribution in [0.15, 0.2) is 60.8 Å². The molecule has 2 aromatic carbocycles. The van der Waals surface area contributed by atoms with Gasteiger partial charge >= 0.3 is 5.97 Å². The van der Waals surface area contributed by atoms with E-state index in [1.165, 1.54) is 0 Å². The number of carbonyl (C=O) groups is 1. The van der Waals surface area contributed by atoms with E-state index in [9.17, 15) is 19.4 Å². The van der Waals surface area contributed by atoms with Gasteiger partial charge in [-0.1, -0.05) is 55.5 Å². The standard InChI is InChI=1S/C20H22NO4P/c1-2-20(19(22)23,17-12-21-18-11-7-6-10-16(17)18)14-26(24,25)13-15-8-4-3-5-9-15/h3-12,21H,2,13-14H2,1H3,(H,22,23)(H,24,25). The molecule has 0 saturated heterocycles. The van der Waals surface area contributed by atoms with E-state index in [0.29, 0.717) is 5.56 Å². The van der Waals surface area contributed by atoms with E-state index in [1.807, 2.05) is 30.3 Å². The first-order chi connectivity index (χ1) is 12.4. The number of aliphatic carboxylic acids is 1. The largest absolute Gasteiger partial charge is 0.481 e. The first kappa shape index (κ1) is 18.4. The number of aromatic amines is 1. The molecule has 0 amide bonds. The molecule has 0 saturated carbocycles. The Bertz CT molecular complexity index is 966. The molecule has 3 rings (SSSR count). The van der Waals surface area contributed by atoms with Crippen LogP contribution >= 0.6 is 7.37 Å². The molecule has 0 aliphatic carbocycles. The number of fused-ring (bicyclic) bond motifs is 1. The van der Waals surface area contributed by atoms with Crippen LogP contribution in [0.4, 0.5) is 0 Å². The van der Waals surface area contributed by atoms with Gasteiger partial charge in [0.25, 0.3) is 0 Å². The van der Waals surface area contributed by atoms with E-state index < -0.39 is 18.8 Å². The lowest BCUT2D eigenvalue weighted by Crippen LogP contribution is -2.39. The van der Waals surface area contributed by atoms with Crippen molar-refractivity contribution < 1.29 is 19.4 Å². The fourth-order valence-corrected chi connectivity index (χ4v) is 5.80. The second kappa shape index (κ2) is 7.10. The highest BCUT2D eigenvalue weighted by Gasteiger charge is 2.45. The quantitative estimate of drug-likeness (QED) is 0.538. The summed E-state index contributed by atoms with van der Waals surface area (Å²) in [4.78, 5) is 26.0. The average molecular weight is 371 g/mol. The average Bonchev–Trinajstić information content (AvgIpc) is 3.04. The third kappa shape index (κ3) is 3.46. The molecule has 0 aliphatic heterocycles. The van der Waals surface area contributed by atoms with E-state index in [1.54, 1.807) is 37.4 Å². The molecule has 136 valence electrons. The Morgan fingerprint density at radius 3 is 2.42 bits per heavy atom. The molecular weight excluding hydrogens is 349 g/mol. The lowest BCUT2D eigenvalue weighted by atomic mass is 9.80. The van der Waals surface area contributed by atoms with Gasteiger partial charge in [0.1, 0.15) is 5.41 Å². The van der Waals surface area contributed by atoms with E-state index in [0.717, 1.165) is 16.5 Å². The number of hydrogen-bond acceptors (Lipinski definition) is 2. The molecule has 0 aliphatic rings. The monoisotopic (exact) mass is 371 g/mol. The summed E-state index contributed by atoms with van der Waals surface area (Å²) in [5, 5.41) is 10.8. The van der Waals surface area contributed by atoms with Crippen LogP contribution in [0.2, 0.25) is 0 Å². The first-order valence-electron chi connectivity index (χ1n) is 8.53. The molecule has 1 heterocycles. The molecule has 3 N–H and O–H groups in total. The van der Waals surface area contributed by atoms with Crippen molar-refractivity contribution in [1.82, 2.24) is 4.98 Å². The third-order valence-corrected chi connectivity index (χ3v) is 6.80. The van der Waals surface area contributed by atoms with Crippen LogP contribution in [0.25, 0.3) is 10.9 Å². The number of benzene rings is 2. The van der Waals surface area contributed by atoms with Gasteiger partial charge in [0.2, 0.25) is 7.37 Å². The lowest BCUT2D eigenvalue weighted by molar-refractivity contribution is -0.143. The summed E-state index contributed by atoms with van der Waals surface area (Å²) in [5.74, 6) is -1.08. The van der Waals surface area contributed by atoms with Crippen molar-refractivity contribution in [3.63, 3.8) is 0 Å². The molecular formula is C20H22NO4P. The predicted molar refractivity (Wildman–Crippen MR) is 103 cm³/mol. The Morgan fingerprint density at radius 1 is 1.12 bits per heavy atom. The van der Waals surface area contributed by atoms with Gasteiger partial charge in [0.15, 0.2) is 0 Å². The zero-order chi connectivity index (χ0) is 18.8. The minimum absolute atomic E-state index is 0.0365. The third-order valence-electron chi connectivity index (χ3n) is 4.91. The van der Waals surface area contributed by atoms with Gasteiger partial charge in [-0.3, -0.25) is 9.36 Å². The molecule has 2 atom stereocenters.